The number of anilines is 1. The molecule has 0 atom stereocenters. The largest absolute Gasteiger partial charge is 0.366 e. The Morgan fingerprint density at radius 1 is 0.966 bits per heavy atom. The third kappa shape index (κ3) is 5.64. The van der Waals surface area contributed by atoms with E-state index in [4.69, 9.17) is 0 Å². The molecule has 0 aliphatic heterocycles. The van der Waals surface area contributed by atoms with E-state index in [1.165, 1.54) is 11.1 Å². The van der Waals surface area contributed by atoms with Gasteiger partial charge in [-0.25, -0.2) is 9.97 Å². The molecule has 1 amide bonds. The first-order valence-corrected chi connectivity index (χ1v) is 9.92. The lowest BCUT2D eigenvalue weighted by atomic mass is 10.1. The minimum atomic E-state index is -0.0899. The van der Waals surface area contributed by atoms with Crippen LogP contribution in [0.25, 0.3) is 0 Å². The summed E-state index contributed by atoms with van der Waals surface area (Å²) in [6.45, 7) is 9.11. The summed E-state index contributed by atoms with van der Waals surface area (Å²) >= 11 is 0. The van der Waals surface area contributed by atoms with Gasteiger partial charge in [0, 0.05) is 25.2 Å². The number of nitrogens with zero attached hydrogens (tertiary/aromatic N) is 3. The fourth-order valence-corrected chi connectivity index (χ4v) is 3.20. The van der Waals surface area contributed by atoms with E-state index in [-0.39, 0.29) is 11.9 Å². The summed E-state index contributed by atoms with van der Waals surface area (Å²) in [5.74, 6) is 1.14. The van der Waals surface area contributed by atoms with Gasteiger partial charge in [0.05, 0.1) is 0 Å². The van der Waals surface area contributed by atoms with E-state index in [1.807, 2.05) is 62.1 Å². The number of aryl methyl sites for hydroxylation is 2. The van der Waals surface area contributed by atoms with Crippen LogP contribution in [-0.2, 0) is 13.1 Å². The van der Waals surface area contributed by atoms with Crippen LogP contribution in [0.15, 0.2) is 60.7 Å². The number of benzene rings is 2. The van der Waals surface area contributed by atoms with Crippen LogP contribution in [0.5, 0.6) is 0 Å². The van der Waals surface area contributed by atoms with Crippen LogP contribution in [0.3, 0.4) is 0 Å². The van der Waals surface area contributed by atoms with Gasteiger partial charge in [0.25, 0.3) is 5.91 Å². The molecule has 0 radical (unpaired) electrons. The lowest BCUT2D eigenvalue weighted by molar-refractivity contribution is 0.0684. The molecule has 150 valence electrons. The molecule has 0 saturated carbocycles. The highest BCUT2D eigenvalue weighted by molar-refractivity contribution is 5.93. The molecule has 29 heavy (non-hydrogen) atoms. The number of carbonyl (C=O) groups is 1. The first-order valence-electron chi connectivity index (χ1n) is 9.92. The minimum Gasteiger partial charge on any atom is -0.366 e. The molecule has 0 saturated heterocycles. The van der Waals surface area contributed by atoms with Gasteiger partial charge in [0.15, 0.2) is 0 Å². The molecule has 0 unspecified atom stereocenters. The molecule has 2 aromatic carbocycles. The van der Waals surface area contributed by atoms with Crippen LogP contribution in [0, 0.1) is 13.8 Å². The first kappa shape index (κ1) is 20.5. The number of rotatable bonds is 7. The highest BCUT2D eigenvalue weighted by atomic mass is 16.2. The van der Waals surface area contributed by atoms with Gasteiger partial charge in [-0.05, 0) is 38.8 Å². The maximum Gasteiger partial charge on any atom is 0.273 e. The molecule has 3 aromatic rings. The van der Waals surface area contributed by atoms with Crippen molar-refractivity contribution >= 4 is 11.7 Å². The SMILES string of the molecule is Cc1cccc(CNc2cc(C(=O)N(Cc3ccccc3)C(C)C)nc(C)n2)c1. The maximum atomic E-state index is 13.2. The van der Waals surface area contributed by atoms with Crippen molar-refractivity contribution in [2.75, 3.05) is 5.32 Å². The molecular weight excluding hydrogens is 360 g/mol. The Hall–Kier alpha value is -3.21. The molecule has 0 spiro atoms. The molecule has 0 aliphatic carbocycles. The molecule has 5 nitrogen and oxygen atoms in total. The Morgan fingerprint density at radius 2 is 1.69 bits per heavy atom. The quantitative estimate of drug-likeness (QED) is 0.634. The van der Waals surface area contributed by atoms with Crippen molar-refractivity contribution in [2.24, 2.45) is 0 Å². The van der Waals surface area contributed by atoms with Gasteiger partial charge in [-0.3, -0.25) is 4.79 Å². The molecule has 5 heteroatoms. The highest BCUT2D eigenvalue weighted by Crippen LogP contribution is 2.16. The predicted molar refractivity (Wildman–Crippen MR) is 117 cm³/mol. The average molecular weight is 389 g/mol. The maximum absolute atomic E-state index is 13.2. The summed E-state index contributed by atoms with van der Waals surface area (Å²) in [5.41, 5.74) is 3.89. The van der Waals surface area contributed by atoms with Gasteiger partial charge < -0.3 is 10.2 Å². The Labute approximate surface area is 172 Å². The monoisotopic (exact) mass is 388 g/mol. The van der Waals surface area contributed by atoms with Crippen molar-refractivity contribution in [2.45, 2.75) is 46.8 Å². The van der Waals surface area contributed by atoms with Crippen LogP contribution in [0.1, 0.15) is 46.9 Å². The van der Waals surface area contributed by atoms with Gasteiger partial charge in [-0.2, -0.15) is 0 Å². The number of carbonyl (C=O) groups excluding carboxylic acids is 1. The van der Waals surface area contributed by atoms with Crippen molar-refractivity contribution in [1.29, 1.82) is 0 Å². The lowest BCUT2D eigenvalue weighted by Gasteiger charge is -2.26. The Morgan fingerprint density at radius 3 is 2.38 bits per heavy atom. The van der Waals surface area contributed by atoms with E-state index in [2.05, 4.69) is 40.4 Å². The Balaban J connectivity index is 1.78. The normalized spacial score (nSPS) is 10.8. The molecule has 1 heterocycles. The molecular formula is C24H28N4O. The minimum absolute atomic E-state index is 0.0571. The smallest absolute Gasteiger partial charge is 0.273 e. The van der Waals surface area contributed by atoms with E-state index in [1.54, 1.807) is 6.07 Å². The van der Waals surface area contributed by atoms with Crippen LogP contribution in [0.4, 0.5) is 5.82 Å². The fraction of sp³-hybridized carbons (Fsp3) is 0.292. The highest BCUT2D eigenvalue weighted by Gasteiger charge is 2.21. The summed E-state index contributed by atoms with van der Waals surface area (Å²) in [5, 5.41) is 3.32. The summed E-state index contributed by atoms with van der Waals surface area (Å²) in [7, 11) is 0. The number of amides is 1. The summed E-state index contributed by atoms with van der Waals surface area (Å²) < 4.78 is 0. The van der Waals surface area contributed by atoms with Gasteiger partial charge >= 0.3 is 0 Å². The average Bonchev–Trinajstić information content (AvgIpc) is 2.70. The number of aromatic nitrogens is 2. The summed E-state index contributed by atoms with van der Waals surface area (Å²) in [4.78, 5) is 23.9. The zero-order valence-corrected chi connectivity index (χ0v) is 17.5. The van der Waals surface area contributed by atoms with E-state index in [9.17, 15) is 4.79 Å². The zero-order chi connectivity index (χ0) is 20.8. The molecule has 0 aliphatic rings. The fourth-order valence-electron chi connectivity index (χ4n) is 3.20. The van der Waals surface area contributed by atoms with Crippen LogP contribution in [0.2, 0.25) is 0 Å². The predicted octanol–water partition coefficient (Wildman–Crippen LogP) is 4.76. The van der Waals surface area contributed by atoms with Gasteiger partial charge in [-0.1, -0.05) is 60.2 Å². The number of nitrogens with one attached hydrogen (secondary N) is 1. The first-order chi connectivity index (χ1) is 13.9. The van der Waals surface area contributed by atoms with Gasteiger partial charge in [0.1, 0.15) is 17.3 Å². The second-order valence-electron chi connectivity index (χ2n) is 7.54. The third-order valence-corrected chi connectivity index (χ3v) is 4.69. The van der Waals surface area contributed by atoms with Crippen LogP contribution in [-0.4, -0.2) is 26.8 Å². The van der Waals surface area contributed by atoms with Crippen molar-refractivity contribution in [3.8, 4) is 0 Å². The van der Waals surface area contributed by atoms with Gasteiger partial charge in [0.2, 0.25) is 0 Å². The second kappa shape index (κ2) is 9.32. The molecule has 0 bridgehead atoms. The van der Waals surface area contributed by atoms with Crippen molar-refractivity contribution in [3.63, 3.8) is 0 Å². The van der Waals surface area contributed by atoms with Gasteiger partial charge in [-0.15, -0.1) is 0 Å². The summed E-state index contributed by atoms with van der Waals surface area (Å²) in [6, 6.07) is 20.1. The summed E-state index contributed by atoms with van der Waals surface area (Å²) in [6.07, 6.45) is 0. The third-order valence-electron chi connectivity index (χ3n) is 4.69. The standard InChI is InChI=1S/C24H28N4O/c1-17(2)28(16-20-10-6-5-7-11-20)24(29)22-14-23(27-19(4)26-22)25-15-21-12-8-9-18(3)13-21/h5-14,17H,15-16H2,1-4H3,(H,25,26,27). The molecule has 0 fully saturated rings. The van der Waals surface area contributed by atoms with E-state index >= 15 is 0 Å². The van der Waals surface area contributed by atoms with Crippen LogP contribution >= 0.6 is 0 Å². The molecule has 1 aromatic heterocycles. The van der Waals surface area contributed by atoms with Crippen molar-refractivity contribution in [1.82, 2.24) is 14.9 Å². The zero-order valence-electron chi connectivity index (χ0n) is 17.5. The lowest BCUT2D eigenvalue weighted by Crippen LogP contribution is -2.37. The molecule has 3 rings (SSSR count). The topological polar surface area (TPSA) is 58.1 Å². The second-order valence-corrected chi connectivity index (χ2v) is 7.54. The van der Waals surface area contributed by atoms with Crippen molar-refractivity contribution in [3.05, 3.63) is 88.9 Å². The number of hydrogen-bond donors (Lipinski definition) is 1. The van der Waals surface area contributed by atoms with E-state index < -0.39 is 0 Å². The Kier molecular flexibility index (Phi) is 6.60. The molecule has 1 N–H and O–H groups in total. The van der Waals surface area contributed by atoms with E-state index in [0.29, 0.717) is 30.4 Å². The van der Waals surface area contributed by atoms with E-state index in [0.717, 1.165) is 5.56 Å². The van der Waals surface area contributed by atoms with Crippen LogP contribution < -0.4 is 5.32 Å². The number of hydrogen-bond acceptors (Lipinski definition) is 4. The Bertz CT molecular complexity index is 970. The van der Waals surface area contributed by atoms with Crippen molar-refractivity contribution < 1.29 is 4.79 Å².